The van der Waals surface area contributed by atoms with Gasteiger partial charge in [0.1, 0.15) is 6.04 Å². The Morgan fingerprint density at radius 2 is 2.05 bits per heavy atom. The lowest BCUT2D eigenvalue weighted by Gasteiger charge is -2.22. The molecule has 1 aromatic carbocycles. The highest BCUT2D eigenvalue weighted by molar-refractivity contribution is 7.80. The van der Waals surface area contributed by atoms with Crippen molar-refractivity contribution < 1.29 is 14.7 Å². The highest BCUT2D eigenvalue weighted by atomic mass is 32.1. The van der Waals surface area contributed by atoms with E-state index in [0.717, 1.165) is 0 Å². The van der Waals surface area contributed by atoms with Crippen LogP contribution in [-0.4, -0.2) is 40.2 Å². The molecule has 2 rings (SSSR count). The summed E-state index contributed by atoms with van der Waals surface area (Å²) in [6.45, 7) is 2.62. The second-order valence-electron chi connectivity index (χ2n) is 5.57. The molecule has 114 valence electrons. The topological polar surface area (TPSA) is 57.6 Å². The molecule has 0 bridgehead atoms. The van der Waals surface area contributed by atoms with E-state index in [-0.39, 0.29) is 17.7 Å². The molecule has 1 fully saturated rings. The molecule has 0 radical (unpaired) electrons. The number of carbonyl (C=O) groups is 2. The van der Waals surface area contributed by atoms with Crippen molar-refractivity contribution in [1.29, 1.82) is 0 Å². The molecule has 1 aliphatic rings. The smallest absolute Gasteiger partial charge is 0.326 e. The zero-order valence-corrected chi connectivity index (χ0v) is 13.0. The molecule has 1 N–H and O–H groups in total. The Labute approximate surface area is 130 Å². The lowest BCUT2D eigenvalue weighted by atomic mass is 9.86. The minimum Gasteiger partial charge on any atom is -0.480 e. The molecule has 1 aromatic rings. The SMILES string of the molecule is CC(c1ccccc1)[C@@H]1C[C@@H](C(=O)O)N(C(=O)CCS)C1. The fourth-order valence-corrected chi connectivity index (χ4v) is 3.20. The first-order valence-corrected chi connectivity index (χ1v) is 7.86. The molecule has 1 amide bonds. The monoisotopic (exact) mass is 307 g/mol. The van der Waals surface area contributed by atoms with Gasteiger partial charge < -0.3 is 10.0 Å². The van der Waals surface area contributed by atoms with Crippen molar-refractivity contribution in [2.45, 2.75) is 31.7 Å². The standard InChI is InChI=1S/C16H21NO3S/c1-11(12-5-3-2-4-6-12)13-9-14(16(19)20)17(10-13)15(18)7-8-21/h2-6,11,13-14,21H,7-10H2,1H3,(H,19,20)/t11?,13-,14+/m1/s1. The van der Waals surface area contributed by atoms with Crippen LogP contribution in [0.2, 0.25) is 0 Å². The van der Waals surface area contributed by atoms with E-state index < -0.39 is 12.0 Å². The predicted octanol–water partition coefficient (Wildman–Crippen LogP) is 2.41. The first-order chi connectivity index (χ1) is 10.0. The van der Waals surface area contributed by atoms with Crippen LogP contribution in [0.5, 0.6) is 0 Å². The van der Waals surface area contributed by atoms with Gasteiger partial charge in [0, 0.05) is 13.0 Å². The van der Waals surface area contributed by atoms with Crippen LogP contribution in [0.25, 0.3) is 0 Å². The summed E-state index contributed by atoms with van der Waals surface area (Å²) in [4.78, 5) is 25.0. The number of benzene rings is 1. The maximum Gasteiger partial charge on any atom is 0.326 e. The maximum atomic E-state index is 12.1. The van der Waals surface area contributed by atoms with Crippen LogP contribution in [-0.2, 0) is 9.59 Å². The Hall–Kier alpha value is -1.49. The number of hydrogen-bond donors (Lipinski definition) is 2. The third-order valence-electron chi connectivity index (χ3n) is 4.30. The van der Waals surface area contributed by atoms with Crippen molar-refractivity contribution in [1.82, 2.24) is 4.90 Å². The second kappa shape index (κ2) is 6.98. The molecule has 1 aliphatic heterocycles. The van der Waals surface area contributed by atoms with Gasteiger partial charge in [0.25, 0.3) is 0 Å². The van der Waals surface area contributed by atoms with E-state index in [2.05, 4.69) is 31.7 Å². The molecule has 5 heteroatoms. The van der Waals surface area contributed by atoms with Gasteiger partial charge in [-0.25, -0.2) is 4.79 Å². The molecule has 3 atom stereocenters. The molecule has 0 aromatic heterocycles. The number of thiol groups is 1. The number of carbonyl (C=O) groups excluding carboxylic acids is 1. The van der Waals surface area contributed by atoms with Crippen LogP contribution >= 0.6 is 12.6 Å². The van der Waals surface area contributed by atoms with E-state index >= 15 is 0 Å². The summed E-state index contributed by atoms with van der Waals surface area (Å²) in [7, 11) is 0. The van der Waals surface area contributed by atoms with E-state index in [1.165, 1.54) is 10.5 Å². The van der Waals surface area contributed by atoms with Gasteiger partial charge in [-0.05, 0) is 29.6 Å². The first-order valence-electron chi connectivity index (χ1n) is 7.22. The number of hydrogen-bond acceptors (Lipinski definition) is 3. The number of amides is 1. The van der Waals surface area contributed by atoms with Gasteiger partial charge in [-0.2, -0.15) is 12.6 Å². The van der Waals surface area contributed by atoms with E-state index in [0.29, 0.717) is 25.1 Å². The van der Waals surface area contributed by atoms with Crippen molar-refractivity contribution in [3.8, 4) is 0 Å². The van der Waals surface area contributed by atoms with Crippen molar-refractivity contribution >= 4 is 24.5 Å². The summed E-state index contributed by atoms with van der Waals surface area (Å²) in [5.74, 6) is -0.162. The molecule has 1 unspecified atom stereocenters. The molecule has 0 saturated carbocycles. The molecular weight excluding hydrogens is 286 g/mol. The van der Waals surface area contributed by atoms with Gasteiger partial charge >= 0.3 is 5.97 Å². The van der Waals surface area contributed by atoms with Crippen molar-refractivity contribution in [2.75, 3.05) is 12.3 Å². The lowest BCUT2D eigenvalue weighted by molar-refractivity contribution is -0.148. The minimum atomic E-state index is -0.912. The Kier molecular flexibility index (Phi) is 5.28. The summed E-state index contributed by atoms with van der Waals surface area (Å²) < 4.78 is 0. The van der Waals surface area contributed by atoms with Crippen LogP contribution in [0, 0.1) is 5.92 Å². The van der Waals surface area contributed by atoms with E-state index in [1.54, 1.807) is 0 Å². The third kappa shape index (κ3) is 3.59. The van der Waals surface area contributed by atoms with E-state index in [9.17, 15) is 14.7 Å². The molecule has 21 heavy (non-hydrogen) atoms. The molecule has 0 spiro atoms. The average molecular weight is 307 g/mol. The number of carboxylic acid groups (broad SMARTS) is 1. The summed E-state index contributed by atoms with van der Waals surface area (Å²) in [6.07, 6.45) is 0.809. The molecule has 1 heterocycles. The van der Waals surface area contributed by atoms with Crippen molar-refractivity contribution in [2.24, 2.45) is 5.92 Å². The van der Waals surface area contributed by atoms with Crippen LogP contribution in [0.1, 0.15) is 31.2 Å². The van der Waals surface area contributed by atoms with Gasteiger partial charge in [0.2, 0.25) is 5.91 Å². The van der Waals surface area contributed by atoms with Gasteiger partial charge in [0.05, 0.1) is 0 Å². The number of likely N-dealkylation sites (tertiary alicyclic amines) is 1. The van der Waals surface area contributed by atoms with Gasteiger partial charge in [-0.3, -0.25) is 4.79 Å². The quantitative estimate of drug-likeness (QED) is 0.821. The highest BCUT2D eigenvalue weighted by Gasteiger charge is 2.41. The largest absolute Gasteiger partial charge is 0.480 e. The van der Waals surface area contributed by atoms with Crippen molar-refractivity contribution in [3.63, 3.8) is 0 Å². The number of aliphatic carboxylic acids is 1. The predicted molar refractivity (Wildman–Crippen MR) is 84.6 cm³/mol. The first kappa shape index (κ1) is 15.9. The molecular formula is C16H21NO3S. The summed E-state index contributed by atoms with van der Waals surface area (Å²) >= 11 is 4.06. The maximum absolute atomic E-state index is 12.1. The van der Waals surface area contributed by atoms with E-state index in [1.807, 2.05) is 18.2 Å². The Morgan fingerprint density at radius 3 is 2.62 bits per heavy atom. The normalized spacial score (nSPS) is 23.0. The second-order valence-corrected chi connectivity index (χ2v) is 6.02. The number of carboxylic acids is 1. The summed E-state index contributed by atoms with van der Waals surface area (Å²) in [5, 5.41) is 9.36. The Morgan fingerprint density at radius 1 is 1.38 bits per heavy atom. The van der Waals surface area contributed by atoms with Crippen molar-refractivity contribution in [3.05, 3.63) is 35.9 Å². The number of rotatable bonds is 5. The minimum absolute atomic E-state index is 0.111. The summed E-state index contributed by atoms with van der Waals surface area (Å²) in [5.41, 5.74) is 1.19. The van der Waals surface area contributed by atoms with Gasteiger partial charge in [-0.1, -0.05) is 37.3 Å². The fourth-order valence-electron chi connectivity index (χ4n) is 3.01. The van der Waals surface area contributed by atoms with Gasteiger partial charge in [-0.15, -0.1) is 0 Å². The van der Waals surface area contributed by atoms with Crippen LogP contribution in [0.3, 0.4) is 0 Å². The Balaban J connectivity index is 2.13. The van der Waals surface area contributed by atoms with Crippen LogP contribution < -0.4 is 0 Å². The fraction of sp³-hybridized carbons (Fsp3) is 0.500. The third-order valence-corrected chi connectivity index (χ3v) is 4.52. The van der Waals surface area contributed by atoms with E-state index in [4.69, 9.17) is 0 Å². The molecule has 1 saturated heterocycles. The number of nitrogens with zero attached hydrogens (tertiary/aromatic N) is 1. The summed E-state index contributed by atoms with van der Waals surface area (Å²) in [6, 6.07) is 9.34. The van der Waals surface area contributed by atoms with Crippen LogP contribution in [0.15, 0.2) is 30.3 Å². The lowest BCUT2D eigenvalue weighted by Crippen LogP contribution is -2.40. The highest BCUT2D eigenvalue weighted by Crippen LogP contribution is 2.35. The average Bonchev–Trinajstić information content (AvgIpc) is 2.93. The zero-order chi connectivity index (χ0) is 15.4. The zero-order valence-electron chi connectivity index (χ0n) is 12.1. The Bertz CT molecular complexity index is 506. The van der Waals surface area contributed by atoms with Crippen LogP contribution in [0.4, 0.5) is 0 Å². The molecule has 0 aliphatic carbocycles. The van der Waals surface area contributed by atoms with Gasteiger partial charge in [0.15, 0.2) is 0 Å². The molecule has 4 nitrogen and oxygen atoms in total.